The lowest BCUT2D eigenvalue weighted by atomic mass is 9.88. The summed E-state index contributed by atoms with van der Waals surface area (Å²) in [5, 5.41) is 2.87. The molecule has 0 radical (unpaired) electrons. The zero-order chi connectivity index (χ0) is 21.7. The maximum atomic E-state index is 6.68. The van der Waals surface area contributed by atoms with Crippen molar-refractivity contribution in [2.75, 3.05) is 20.1 Å². The van der Waals surface area contributed by atoms with E-state index in [1.165, 1.54) is 36.9 Å². The molecule has 4 heterocycles. The number of hydrogen-bond donors (Lipinski definition) is 2. The summed E-state index contributed by atoms with van der Waals surface area (Å²) in [4.78, 5) is 13.9. The van der Waals surface area contributed by atoms with Gasteiger partial charge >= 0.3 is 0 Å². The summed E-state index contributed by atoms with van der Waals surface area (Å²) in [5.41, 5.74) is 7.79. The van der Waals surface area contributed by atoms with E-state index in [2.05, 4.69) is 75.4 Å². The Morgan fingerprint density at radius 3 is 2.56 bits per heavy atom. The van der Waals surface area contributed by atoms with Crippen LogP contribution in [0.2, 0.25) is 5.02 Å². The maximum absolute atomic E-state index is 6.68. The Balaban J connectivity index is 1.47. The summed E-state index contributed by atoms with van der Waals surface area (Å²) in [6, 6.07) is 19.5. The molecule has 5 aromatic rings. The van der Waals surface area contributed by atoms with Crippen molar-refractivity contribution in [2.45, 2.75) is 18.8 Å². The minimum absolute atomic E-state index is 0.647. The largest absolute Gasteiger partial charge is 0.361 e. The molecule has 160 valence electrons. The van der Waals surface area contributed by atoms with Gasteiger partial charge in [0, 0.05) is 28.9 Å². The maximum Gasteiger partial charge on any atom is 0.139 e. The zero-order valence-electron chi connectivity index (χ0n) is 18.0. The van der Waals surface area contributed by atoms with Gasteiger partial charge in [0.1, 0.15) is 5.65 Å². The molecule has 0 spiro atoms. The fourth-order valence-electron chi connectivity index (χ4n) is 5.05. The number of aromatic nitrogens is 3. The third-order valence-corrected chi connectivity index (χ3v) is 7.19. The highest BCUT2D eigenvalue weighted by Crippen LogP contribution is 2.41. The number of likely N-dealkylation sites (tertiary alicyclic amines) is 1. The minimum Gasteiger partial charge on any atom is -0.361 e. The zero-order valence-corrected chi connectivity index (χ0v) is 18.8. The average Bonchev–Trinajstić information content (AvgIpc) is 3.44. The number of pyridine rings is 1. The lowest BCUT2D eigenvalue weighted by Crippen LogP contribution is -2.29. The monoisotopic (exact) mass is 440 g/mol. The van der Waals surface area contributed by atoms with Gasteiger partial charge in [-0.2, -0.15) is 0 Å². The Kier molecular flexibility index (Phi) is 4.78. The first-order valence-electron chi connectivity index (χ1n) is 11.2. The smallest absolute Gasteiger partial charge is 0.139 e. The van der Waals surface area contributed by atoms with Crippen molar-refractivity contribution >= 4 is 33.5 Å². The Hall–Kier alpha value is -3.08. The van der Waals surface area contributed by atoms with E-state index in [-0.39, 0.29) is 0 Å². The summed E-state index contributed by atoms with van der Waals surface area (Å²) in [6.07, 6.45) is 6.18. The molecule has 6 rings (SSSR count). The number of nitrogens with one attached hydrogen (secondary N) is 2. The normalized spacial score (nSPS) is 15.7. The van der Waals surface area contributed by atoms with E-state index < -0.39 is 0 Å². The molecular weight excluding hydrogens is 416 g/mol. The Morgan fingerprint density at radius 1 is 0.969 bits per heavy atom. The van der Waals surface area contributed by atoms with Gasteiger partial charge in [0.15, 0.2) is 0 Å². The molecule has 32 heavy (non-hydrogen) atoms. The van der Waals surface area contributed by atoms with Crippen LogP contribution in [0.15, 0.2) is 67.0 Å². The van der Waals surface area contributed by atoms with Crippen LogP contribution in [-0.4, -0.2) is 40.0 Å². The third kappa shape index (κ3) is 3.31. The van der Waals surface area contributed by atoms with E-state index in [1.807, 2.05) is 12.3 Å². The average molecular weight is 441 g/mol. The van der Waals surface area contributed by atoms with Crippen molar-refractivity contribution in [3.8, 4) is 22.4 Å². The Morgan fingerprint density at radius 2 is 1.75 bits per heavy atom. The van der Waals surface area contributed by atoms with Crippen LogP contribution in [0.25, 0.3) is 44.3 Å². The van der Waals surface area contributed by atoms with Gasteiger partial charge in [-0.05, 0) is 79.2 Å². The number of aromatic amines is 2. The first-order valence-corrected chi connectivity index (χ1v) is 11.6. The van der Waals surface area contributed by atoms with E-state index in [0.29, 0.717) is 10.9 Å². The number of fused-ring (bicyclic) bond motifs is 2. The van der Waals surface area contributed by atoms with Gasteiger partial charge < -0.3 is 14.9 Å². The number of hydrogen-bond acceptors (Lipinski definition) is 2. The van der Waals surface area contributed by atoms with Gasteiger partial charge in [-0.3, -0.25) is 0 Å². The Bertz CT molecular complexity index is 1410. The van der Waals surface area contributed by atoms with Crippen LogP contribution < -0.4 is 0 Å². The van der Waals surface area contributed by atoms with Gasteiger partial charge in [-0.15, -0.1) is 0 Å². The molecule has 0 bridgehead atoms. The van der Waals surface area contributed by atoms with E-state index in [9.17, 15) is 0 Å². The molecule has 5 heteroatoms. The minimum atomic E-state index is 0.647. The van der Waals surface area contributed by atoms with Gasteiger partial charge in [0.2, 0.25) is 0 Å². The molecule has 1 fully saturated rings. The number of piperidine rings is 1. The van der Waals surface area contributed by atoms with E-state index in [4.69, 9.17) is 11.6 Å². The lowest BCUT2D eigenvalue weighted by Gasteiger charge is -2.29. The first-order chi connectivity index (χ1) is 15.7. The quantitative estimate of drug-likeness (QED) is 0.322. The fourth-order valence-corrected chi connectivity index (χ4v) is 5.29. The third-order valence-electron chi connectivity index (χ3n) is 6.88. The Labute approximate surface area is 192 Å². The predicted octanol–water partition coefficient (Wildman–Crippen LogP) is 6.84. The molecule has 0 atom stereocenters. The first kappa shape index (κ1) is 19.6. The highest BCUT2D eigenvalue weighted by Gasteiger charge is 2.21. The van der Waals surface area contributed by atoms with Gasteiger partial charge in [-0.25, -0.2) is 4.98 Å². The number of benzene rings is 2. The molecule has 4 nitrogen and oxygen atoms in total. The van der Waals surface area contributed by atoms with E-state index in [1.54, 1.807) is 6.20 Å². The lowest BCUT2D eigenvalue weighted by molar-refractivity contribution is 0.255. The van der Waals surface area contributed by atoms with Crippen molar-refractivity contribution in [2.24, 2.45) is 0 Å². The highest BCUT2D eigenvalue weighted by molar-refractivity contribution is 6.36. The predicted molar refractivity (Wildman–Crippen MR) is 133 cm³/mol. The second-order valence-electron chi connectivity index (χ2n) is 8.87. The number of rotatable bonds is 3. The molecule has 1 aliphatic rings. The molecule has 2 aromatic carbocycles. The molecular formula is C27H25ClN4. The summed E-state index contributed by atoms with van der Waals surface area (Å²) in [5.74, 6) is 0.647. The van der Waals surface area contributed by atoms with Crippen molar-refractivity contribution in [1.82, 2.24) is 19.9 Å². The molecule has 0 amide bonds. The molecule has 3 aromatic heterocycles. The summed E-state index contributed by atoms with van der Waals surface area (Å²) < 4.78 is 0. The molecule has 1 aliphatic heterocycles. The number of halogens is 1. The van der Waals surface area contributed by atoms with Crippen molar-refractivity contribution < 1.29 is 0 Å². The van der Waals surface area contributed by atoms with Crippen molar-refractivity contribution in [3.63, 3.8) is 0 Å². The second kappa shape index (κ2) is 7.80. The van der Waals surface area contributed by atoms with Crippen LogP contribution in [0.4, 0.5) is 0 Å². The van der Waals surface area contributed by atoms with Crippen LogP contribution >= 0.6 is 11.6 Å². The number of nitrogens with zero attached hydrogens (tertiary/aromatic N) is 2. The standard InChI is InChI=1S/C27H25ClN4/c1-32-14-10-18(11-15-32)17-2-5-20(6-3-17)26-24(25-22(28)9-13-30-27(25)31-26)21-7-4-19-8-12-29-23(19)16-21/h2-9,12-13,16,18,29H,10-11,14-15H2,1H3,(H,30,31). The fraction of sp³-hybridized carbons (Fsp3) is 0.222. The van der Waals surface area contributed by atoms with Crippen LogP contribution in [0.3, 0.4) is 0 Å². The van der Waals surface area contributed by atoms with Crippen LogP contribution in [0, 0.1) is 0 Å². The summed E-state index contributed by atoms with van der Waals surface area (Å²) in [6.45, 7) is 2.34. The van der Waals surface area contributed by atoms with E-state index in [0.717, 1.165) is 38.9 Å². The van der Waals surface area contributed by atoms with Crippen molar-refractivity contribution in [1.29, 1.82) is 0 Å². The SMILES string of the molecule is CN1CCC(c2ccc(-c3[nH]c4nccc(Cl)c4c3-c3ccc4cc[nH]c4c3)cc2)CC1. The van der Waals surface area contributed by atoms with Crippen LogP contribution in [0.5, 0.6) is 0 Å². The van der Waals surface area contributed by atoms with E-state index >= 15 is 0 Å². The molecule has 2 N–H and O–H groups in total. The molecule has 0 aliphatic carbocycles. The van der Waals surface area contributed by atoms with Crippen LogP contribution in [-0.2, 0) is 0 Å². The molecule has 1 saturated heterocycles. The van der Waals surface area contributed by atoms with Gasteiger partial charge in [0.05, 0.1) is 10.7 Å². The topological polar surface area (TPSA) is 47.7 Å². The second-order valence-corrected chi connectivity index (χ2v) is 9.28. The van der Waals surface area contributed by atoms with Crippen LogP contribution in [0.1, 0.15) is 24.3 Å². The van der Waals surface area contributed by atoms with Crippen molar-refractivity contribution in [3.05, 3.63) is 77.6 Å². The molecule has 0 unspecified atom stereocenters. The number of H-pyrrole nitrogens is 2. The van der Waals surface area contributed by atoms with Gasteiger partial charge in [-0.1, -0.05) is 48.0 Å². The highest BCUT2D eigenvalue weighted by atomic mass is 35.5. The summed E-state index contributed by atoms with van der Waals surface area (Å²) >= 11 is 6.68. The molecule has 0 saturated carbocycles. The van der Waals surface area contributed by atoms with Gasteiger partial charge in [0.25, 0.3) is 0 Å². The summed E-state index contributed by atoms with van der Waals surface area (Å²) in [7, 11) is 2.21.